The Bertz CT molecular complexity index is 3280. The van der Waals surface area contributed by atoms with Gasteiger partial charge in [0.1, 0.15) is 0 Å². The summed E-state index contributed by atoms with van der Waals surface area (Å²) in [5.41, 5.74) is 14.0. The molecule has 2 heteroatoms. The second-order valence-electron chi connectivity index (χ2n) is 14.9. The van der Waals surface area contributed by atoms with E-state index in [0.717, 1.165) is 28.3 Å². The molecule has 272 valence electrons. The van der Waals surface area contributed by atoms with Crippen LogP contribution >= 0.6 is 0 Å². The molecule has 0 aliphatic rings. The normalized spacial score (nSPS) is 11.4. The Morgan fingerprint density at radius 1 is 0.276 bits per heavy atom. The number of benzene rings is 10. The molecule has 0 spiro atoms. The SMILES string of the molecule is c1ccc(-c2cc(N(c3ccccc3)c3ccc4c5ccccc5n(-c5ccccc5-c5cccc6ccccc56)c4c3)ccc2-c2cccc3ccccc23)cc1. The first-order valence-electron chi connectivity index (χ1n) is 19.9. The van der Waals surface area contributed by atoms with Crippen LogP contribution in [0.4, 0.5) is 17.1 Å². The molecular formula is C56H38N2. The Morgan fingerprint density at radius 3 is 1.53 bits per heavy atom. The minimum Gasteiger partial charge on any atom is -0.310 e. The lowest BCUT2D eigenvalue weighted by molar-refractivity contribution is 1.18. The van der Waals surface area contributed by atoms with Crippen LogP contribution in [0.5, 0.6) is 0 Å². The molecule has 0 unspecified atom stereocenters. The molecule has 0 atom stereocenters. The summed E-state index contributed by atoms with van der Waals surface area (Å²) in [5.74, 6) is 0. The summed E-state index contributed by atoms with van der Waals surface area (Å²) in [6, 6.07) is 83.7. The molecule has 11 rings (SSSR count). The van der Waals surface area contributed by atoms with Crippen LogP contribution in [0.2, 0.25) is 0 Å². The average Bonchev–Trinajstić information content (AvgIpc) is 3.63. The summed E-state index contributed by atoms with van der Waals surface area (Å²) in [6.07, 6.45) is 0. The van der Waals surface area contributed by atoms with E-state index in [4.69, 9.17) is 0 Å². The molecule has 0 radical (unpaired) electrons. The van der Waals surface area contributed by atoms with Crippen molar-refractivity contribution in [3.05, 3.63) is 231 Å². The molecule has 58 heavy (non-hydrogen) atoms. The Morgan fingerprint density at radius 2 is 0.793 bits per heavy atom. The van der Waals surface area contributed by atoms with Gasteiger partial charge in [-0.2, -0.15) is 0 Å². The van der Waals surface area contributed by atoms with Crippen LogP contribution in [0.3, 0.4) is 0 Å². The molecule has 0 saturated heterocycles. The Balaban J connectivity index is 1.15. The molecule has 1 heterocycles. The van der Waals surface area contributed by atoms with Crippen LogP contribution in [-0.4, -0.2) is 4.57 Å². The lowest BCUT2D eigenvalue weighted by Gasteiger charge is -2.27. The fourth-order valence-corrected chi connectivity index (χ4v) is 8.96. The zero-order valence-electron chi connectivity index (χ0n) is 31.8. The third kappa shape index (κ3) is 5.66. The van der Waals surface area contributed by atoms with Crippen molar-refractivity contribution < 1.29 is 0 Å². The molecule has 2 nitrogen and oxygen atoms in total. The largest absolute Gasteiger partial charge is 0.310 e. The number of para-hydroxylation sites is 3. The first-order valence-corrected chi connectivity index (χ1v) is 19.9. The summed E-state index contributed by atoms with van der Waals surface area (Å²) in [7, 11) is 0. The van der Waals surface area contributed by atoms with Crippen LogP contribution in [0, 0.1) is 0 Å². The van der Waals surface area contributed by atoms with E-state index in [1.807, 2.05) is 0 Å². The van der Waals surface area contributed by atoms with Gasteiger partial charge in [-0.05, 0) is 97.9 Å². The van der Waals surface area contributed by atoms with Crippen molar-refractivity contribution in [3.63, 3.8) is 0 Å². The minimum atomic E-state index is 1.09. The summed E-state index contributed by atoms with van der Waals surface area (Å²) in [5, 5.41) is 7.41. The van der Waals surface area contributed by atoms with E-state index in [1.165, 1.54) is 71.2 Å². The van der Waals surface area contributed by atoms with Crippen LogP contribution in [0.15, 0.2) is 231 Å². The number of aromatic nitrogens is 1. The summed E-state index contributed by atoms with van der Waals surface area (Å²) < 4.78 is 2.47. The van der Waals surface area contributed by atoms with Gasteiger partial charge in [-0.1, -0.05) is 182 Å². The molecule has 0 fully saturated rings. The van der Waals surface area contributed by atoms with Crippen molar-refractivity contribution in [2.24, 2.45) is 0 Å². The van der Waals surface area contributed by atoms with Gasteiger partial charge in [-0.25, -0.2) is 0 Å². The molecule has 11 aromatic rings. The predicted octanol–water partition coefficient (Wildman–Crippen LogP) is 15.6. The second-order valence-corrected chi connectivity index (χ2v) is 14.9. The van der Waals surface area contributed by atoms with Gasteiger partial charge in [-0.15, -0.1) is 0 Å². The van der Waals surface area contributed by atoms with Gasteiger partial charge >= 0.3 is 0 Å². The number of hydrogen-bond acceptors (Lipinski definition) is 1. The fourth-order valence-electron chi connectivity index (χ4n) is 8.96. The van der Waals surface area contributed by atoms with E-state index in [2.05, 4.69) is 240 Å². The quantitative estimate of drug-likeness (QED) is 0.158. The van der Waals surface area contributed by atoms with Gasteiger partial charge in [0, 0.05) is 33.4 Å². The summed E-state index contributed by atoms with van der Waals surface area (Å²) >= 11 is 0. The third-order valence-corrected chi connectivity index (χ3v) is 11.6. The Hall–Kier alpha value is -7.68. The van der Waals surface area contributed by atoms with Gasteiger partial charge in [0.15, 0.2) is 0 Å². The molecule has 0 aliphatic carbocycles. The smallest absolute Gasteiger partial charge is 0.0562 e. The van der Waals surface area contributed by atoms with Crippen molar-refractivity contribution in [2.75, 3.05) is 4.90 Å². The topological polar surface area (TPSA) is 8.17 Å². The van der Waals surface area contributed by atoms with E-state index >= 15 is 0 Å². The van der Waals surface area contributed by atoms with Gasteiger partial charge in [0.2, 0.25) is 0 Å². The highest BCUT2D eigenvalue weighted by Crippen LogP contribution is 2.45. The highest BCUT2D eigenvalue weighted by atomic mass is 15.1. The highest BCUT2D eigenvalue weighted by molar-refractivity contribution is 6.11. The maximum atomic E-state index is 2.47. The minimum absolute atomic E-state index is 1.09. The van der Waals surface area contributed by atoms with Crippen molar-refractivity contribution in [2.45, 2.75) is 0 Å². The lowest BCUT2D eigenvalue weighted by atomic mass is 9.91. The number of hydrogen-bond donors (Lipinski definition) is 0. The van der Waals surface area contributed by atoms with Gasteiger partial charge in [0.25, 0.3) is 0 Å². The van der Waals surface area contributed by atoms with E-state index in [9.17, 15) is 0 Å². The van der Waals surface area contributed by atoms with Crippen LogP contribution < -0.4 is 4.90 Å². The molecule has 0 aliphatic heterocycles. The zero-order valence-corrected chi connectivity index (χ0v) is 31.8. The fraction of sp³-hybridized carbons (Fsp3) is 0. The maximum absolute atomic E-state index is 2.47. The van der Waals surface area contributed by atoms with Crippen molar-refractivity contribution in [1.29, 1.82) is 0 Å². The highest BCUT2D eigenvalue weighted by Gasteiger charge is 2.21. The molecule has 0 saturated carbocycles. The summed E-state index contributed by atoms with van der Waals surface area (Å²) in [6.45, 7) is 0. The molecule has 1 aromatic heterocycles. The van der Waals surface area contributed by atoms with E-state index in [1.54, 1.807) is 0 Å². The monoisotopic (exact) mass is 738 g/mol. The lowest BCUT2D eigenvalue weighted by Crippen LogP contribution is -2.10. The molecule has 10 aromatic carbocycles. The number of rotatable bonds is 7. The van der Waals surface area contributed by atoms with Gasteiger partial charge in [0.05, 0.1) is 16.7 Å². The van der Waals surface area contributed by atoms with Crippen LogP contribution in [0.1, 0.15) is 0 Å². The van der Waals surface area contributed by atoms with E-state index in [-0.39, 0.29) is 0 Å². The van der Waals surface area contributed by atoms with Crippen molar-refractivity contribution >= 4 is 60.4 Å². The standard InChI is InChI=1S/C56H38N2/c1-3-17-41(18-4-1)53-37-43(33-35-49(53)47-29-15-21-39-19-7-9-25-45(39)47)57(42-23-5-2-6-24-42)44-34-36-52-51-28-12-14-32-55(51)58(56(52)38-44)54-31-13-11-27-50(54)48-30-16-22-40-20-8-10-26-46(40)48/h1-38H. The molecule has 0 N–H and O–H groups in total. The first kappa shape index (κ1) is 33.6. The third-order valence-electron chi connectivity index (χ3n) is 11.6. The number of anilines is 3. The van der Waals surface area contributed by atoms with Crippen LogP contribution in [-0.2, 0) is 0 Å². The van der Waals surface area contributed by atoms with E-state index in [0.29, 0.717) is 0 Å². The maximum Gasteiger partial charge on any atom is 0.0562 e. The first-order chi connectivity index (χ1) is 28.8. The average molecular weight is 739 g/mol. The predicted molar refractivity (Wildman–Crippen MR) is 247 cm³/mol. The van der Waals surface area contributed by atoms with E-state index < -0.39 is 0 Å². The molecule has 0 bridgehead atoms. The Labute approximate surface area is 338 Å². The number of fused-ring (bicyclic) bond motifs is 5. The molecule has 0 amide bonds. The van der Waals surface area contributed by atoms with Crippen LogP contribution in [0.25, 0.3) is 82.4 Å². The van der Waals surface area contributed by atoms with Gasteiger partial charge < -0.3 is 9.47 Å². The number of nitrogens with zero attached hydrogens (tertiary/aromatic N) is 2. The Kier molecular flexibility index (Phi) is 8.19. The van der Waals surface area contributed by atoms with Crippen molar-refractivity contribution in [3.8, 4) is 39.1 Å². The van der Waals surface area contributed by atoms with Gasteiger partial charge in [-0.3, -0.25) is 0 Å². The second kappa shape index (κ2) is 14.1. The molecular weight excluding hydrogens is 701 g/mol. The zero-order chi connectivity index (χ0) is 38.4. The van der Waals surface area contributed by atoms with Crippen molar-refractivity contribution in [1.82, 2.24) is 4.57 Å². The summed E-state index contributed by atoms with van der Waals surface area (Å²) in [4.78, 5) is 2.40.